The summed E-state index contributed by atoms with van der Waals surface area (Å²) in [6, 6.07) is 7.97. The quantitative estimate of drug-likeness (QED) is 0.900. The Morgan fingerprint density at radius 3 is 2.89 bits per heavy atom. The Hall–Kier alpha value is -1.46. The maximum Gasteiger partial charge on any atom is 0.133 e. The van der Waals surface area contributed by atoms with Crippen molar-refractivity contribution >= 4 is 11.3 Å². The van der Waals surface area contributed by atoms with Gasteiger partial charge in [-0.05, 0) is 31.5 Å². The first-order chi connectivity index (χ1) is 8.65. The maximum atomic E-state index is 5.74. The minimum Gasteiger partial charge on any atom is -0.493 e. The molecule has 1 aromatic heterocycles. The molecule has 96 valence electrons. The molecule has 5 heteroatoms. The zero-order valence-corrected chi connectivity index (χ0v) is 11.4. The highest BCUT2D eigenvalue weighted by Crippen LogP contribution is 2.17. The van der Waals surface area contributed by atoms with E-state index in [1.807, 2.05) is 38.1 Å². The molecular weight excluding hydrogens is 246 g/mol. The Bertz CT molecular complexity index is 510. The van der Waals surface area contributed by atoms with E-state index in [4.69, 9.17) is 10.5 Å². The van der Waals surface area contributed by atoms with Gasteiger partial charge in [0.05, 0.1) is 12.6 Å². The number of rotatable bonds is 5. The Morgan fingerprint density at radius 1 is 1.39 bits per heavy atom. The summed E-state index contributed by atoms with van der Waals surface area (Å²) in [5.74, 6) is 0.895. The van der Waals surface area contributed by atoms with Crippen molar-refractivity contribution in [2.75, 3.05) is 6.61 Å². The van der Waals surface area contributed by atoms with Crippen LogP contribution < -0.4 is 10.5 Å². The molecule has 2 N–H and O–H groups in total. The molecule has 1 aromatic carbocycles. The van der Waals surface area contributed by atoms with Crippen LogP contribution in [0.25, 0.3) is 0 Å². The molecule has 0 spiro atoms. The van der Waals surface area contributed by atoms with E-state index in [1.54, 1.807) is 11.3 Å². The average molecular weight is 263 g/mol. The summed E-state index contributed by atoms with van der Waals surface area (Å²) in [6.45, 7) is 4.57. The van der Waals surface area contributed by atoms with Crippen molar-refractivity contribution in [1.82, 2.24) is 10.2 Å². The number of ether oxygens (including phenoxy) is 1. The molecule has 18 heavy (non-hydrogen) atoms. The molecule has 0 saturated heterocycles. The summed E-state index contributed by atoms with van der Waals surface area (Å²) < 4.78 is 5.67. The Labute approximate surface area is 111 Å². The summed E-state index contributed by atoms with van der Waals surface area (Å²) in [4.78, 5) is 0. The number of benzene rings is 1. The molecule has 0 bridgehead atoms. The van der Waals surface area contributed by atoms with Gasteiger partial charge in [-0.25, -0.2) is 0 Å². The highest BCUT2D eigenvalue weighted by molar-refractivity contribution is 7.11. The summed E-state index contributed by atoms with van der Waals surface area (Å²) in [7, 11) is 0. The predicted octanol–water partition coefficient (Wildman–Crippen LogP) is 2.49. The summed E-state index contributed by atoms with van der Waals surface area (Å²) in [5.41, 5.74) is 6.94. The fourth-order valence-corrected chi connectivity index (χ4v) is 2.29. The van der Waals surface area contributed by atoms with E-state index in [2.05, 4.69) is 10.2 Å². The van der Waals surface area contributed by atoms with Crippen LogP contribution in [0.15, 0.2) is 24.3 Å². The lowest BCUT2D eigenvalue weighted by atomic mass is 10.2. The summed E-state index contributed by atoms with van der Waals surface area (Å²) >= 11 is 1.55. The van der Waals surface area contributed by atoms with Gasteiger partial charge in [-0.1, -0.05) is 23.5 Å². The second-order valence-corrected chi connectivity index (χ2v) is 5.33. The van der Waals surface area contributed by atoms with Gasteiger partial charge in [0.2, 0.25) is 0 Å². The SMILES string of the molecule is Cc1cccc(OCCc2nnc(C(C)N)s2)c1. The van der Waals surface area contributed by atoms with Crippen LogP contribution in [0, 0.1) is 6.92 Å². The molecular formula is C13H17N3OS. The molecule has 0 aliphatic heterocycles. The molecule has 0 saturated carbocycles. The number of aryl methyl sites for hydroxylation is 1. The van der Waals surface area contributed by atoms with Crippen LogP contribution in [0.1, 0.15) is 28.5 Å². The van der Waals surface area contributed by atoms with E-state index in [1.165, 1.54) is 5.56 Å². The van der Waals surface area contributed by atoms with Crippen LogP contribution >= 0.6 is 11.3 Å². The van der Waals surface area contributed by atoms with Crippen LogP contribution in [0.5, 0.6) is 5.75 Å². The molecule has 0 radical (unpaired) electrons. The van der Waals surface area contributed by atoms with Crippen molar-refractivity contribution in [2.45, 2.75) is 26.3 Å². The number of nitrogens with two attached hydrogens (primary N) is 1. The first-order valence-electron chi connectivity index (χ1n) is 5.92. The van der Waals surface area contributed by atoms with Crippen molar-refractivity contribution in [3.05, 3.63) is 39.8 Å². The largest absolute Gasteiger partial charge is 0.493 e. The second-order valence-electron chi connectivity index (χ2n) is 4.24. The minimum absolute atomic E-state index is 0.0473. The minimum atomic E-state index is -0.0473. The molecule has 0 aliphatic rings. The van der Waals surface area contributed by atoms with E-state index in [9.17, 15) is 0 Å². The molecule has 0 amide bonds. The van der Waals surface area contributed by atoms with E-state index in [0.717, 1.165) is 22.2 Å². The Balaban J connectivity index is 1.84. The highest BCUT2D eigenvalue weighted by Gasteiger charge is 2.07. The van der Waals surface area contributed by atoms with Gasteiger partial charge < -0.3 is 10.5 Å². The van der Waals surface area contributed by atoms with Gasteiger partial charge in [0.15, 0.2) is 0 Å². The van der Waals surface area contributed by atoms with Gasteiger partial charge in [0.25, 0.3) is 0 Å². The number of hydrogen-bond donors (Lipinski definition) is 1. The van der Waals surface area contributed by atoms with Crippen LogP contribution in [0.4, 0.5) is 0 Å². The molecule has 1 unspecified atom stereocenters. The smallest absolute Gasteiger partial charge is 0.133 e. The van der Waals surface area contributed by atoms with E-state index < -0.39 is 0 Å². The first kappa shape index (κ1) is 13.0. The van der Waals surface area contributed by atoms with Crippen molar-refractivity contribution in [2.24, 2.45) is 5.73 Å². The van der Waals surface area contributed by atoms with Crippen molar-refractivity contribution in [3.8, 4) is 5.75 Å². The lowest BCUT2D eigenvalue weighted by Gasteiger charge is -2.04. The van der Waals surface area contributed by atoms with E-state index in [-0.39, 0.29) is 6.04 Å². The van der Waals surface area contributed by atoms with Crippen LogP contribution in [0.2, 0.25) is 0 Å². The number of nitrogens with zero attached hydrogens (tertiary/aromatic N) is 2. The molecule has 4 nitrogen and oxygen atoms in total. The molecule has 1 heterocycles. The van der Waals surface area contributed by atoms with Crippen molar-refractivity contribution in [1.29, 1.82) is 0 Å². The third-order valence-electron chi connectivity index (χ3n) is 2.45. The normalized spacial score (nSPS) is 12.4. The highest BCUT2D eigenvalue weighted by atomic mass is 32.1. The zero-order chi connectivity index (χ0) is 13.0. The molecule has 2 rings (SSSR count). The molecule has 2 aromatic rings. The van der Waals surface area contributed by atoms with E-state index in [0.29, 0.717) is 6.61 Å². The average Bonchev–Trinajstić information content (AvgIpc) is 2.78. The van der Waals surface area contributed by atoms with Crippen LogP contribution in [-0.4, -0.2) is 16.8 Å². The van der Waals surface area contributed by atoms with Crippen LogP contribution in [-0.2, 0) is 6.42 Å². The van der Waals surface area contributed by atoms with Crippen molar-refractivity contribution in [3.63, 3.8) is 0 Å². The number of aromatic nitrogens is 2. The summed E-state index contributed by atoms with van der Waals surface area (Å²) in [6.07, 6.45) is 0.762. The van der Waals surface area contributed by atoms with Gasteiger partial charge in [-0.2, -0.15) is 0 Å². The van der Waals surface area contributed by atoms with Gasteiger partial charge in [-0.3, -0.25) is 0 Å². The Morgan fingerprint density at radius 2 is 2.22 bits per heavy atom. The van der Waals surface area contributed by atoms with Gasteiger partial charge in [0, 0.05) is 6.42 Å². The second kappa shape index (κ2) is 5.93. The van der Waals surface area contributed by atoms with Crippen LogP contribution in [0.3, 0.4) is 0 Å². The molecule has 1 atom stereocenters. The number of hydrogen-bond acceptors (Lipinski definition) is 5. The maximum absolute atomic E-state index is 5.74. The lowest BCUT2D eigenvalue weighted by Crippen LogP contribution is -2.03. The molecule has 0 aliphatic carbocycles. The summed E-state index contributed by atoms with van der Waals surface area (Å²) in [5, 5.41) is 9.98. The van der Waals surface area contributed by atoms with Crippen molar-refractivity contribution < 1.29 is 4.74 Å². The van der Waals surface area contributed by atoms with Gasteiger partial charge >= 0.3 is 0 Å². The first-order valence-corrected chi connectivity index (χ1v) is 6.74. The zero-order valence-electron chi connectivity index (χ0n) is 10.6. The fourth-order valence-electron chi connectivity index (χ4n) is 1.51. The predicted molar refractivity (Wildman–Crippen MR) is 72.9 cm³/mol. The lowest BCUT2D eigenvalue weighted by molar-refractivity contribution is 0.321. The topological polar surface area (TPSA) is 61.0 Å². The molecule has 0 fully saturated rings. The Kier molecular flexibility index (Phi) is 4.28. The van der Waals surface area contributed by atoms with Gasteiger partial charge in [0.1, 0.15) is 15.8 Å². The fraction of sp³-hybridized carbons (Fsp3) is 0.385. The monoisotopic (exact) mass is 263 g/mol. The van der Waals surface area contributed by atoms with E-state index >= 15 is 0 Å². The van der Waals surface area contributed by atoms with Gasteiger partial charge in [-0.15, -0.1) is 10.2 Å². The third kappa shape index (κ3) is 3.51. The third-order valence-corrected chi connectivity index (χ3v) is 3.63. The standard InChI is InChI=1S/C13H17N3OS/c1-9-4-3-5-11(8-9)17-7-6-12-15-16-13(18-12)10(2)14/h3-5,8,10H,6-7,14H2,1-2H3.